The molecule has 0 aliphatic carbocycles. The molecule has 0 amide bonds. The molecular weight excluding hydrogens is 616 g/mol. The number of ether oxygens (including phenoxy) is 5. The molecule has 0 spiro atoms. The number of esters is 3. The van der Waals surface area contributed by atoms with Crippen LogP contribution in [0.15, 0.2) is 91.0 Å². The highest BCUT2D eigenvalue weighted by molar-refractivity contribution is 6.77. The molecule has 4 rings (SSSR count). The average Bonchev–Trinajstić information content (AvgIpc) is 3.07. The number of hydrogen-bond acceptors (Lipinski definition) is 9. The molecule has 0 bridgehead atoms. The Morgan fingerprint density at radius 2 is 0.957 bits per heavy atom. The van der Waals surface area contributed by atoms with Crippen molar-refractivity contribution < 1.29 is 42.5 Å². The van der Waals surface area contributed by atoms with Gasteiger partial charge in [0.25, 0.3) is 0 Å². The molecule has 47 heavy (non-hydrogen) atoms. The molecule has 0 N–H and O–H groups in total. The van der Waals surface area contributed by atoms with Crippen LogP contribution in [-0.2, 0) is 28.1 Å². The van der Waals surface area contributed by atoms with Gasteiger partial charge in [0.05, 0.1) is 23.3 Å². The second kappa shape index (κ2) is 16.3. The molecule has 252 valence electrons. The SMILES string of the molecule is COC1OC(CO[Si](C(C)C)(C(C)C)C(C)C)C(OC(=O)c2ccccc2)C(OC(=O)c2ccccc2)C1OC(=O)c1ccccc1. The largest absolute Gasteiger partial charge is 0.452 e. The van der Waals surface area contributed by atoms with E-state index in [1.54, 1.807) is 91.0 Å². The van der Waals surface area contributed by atoms with Crippen LogP contribution in [0.4, 0.5) is 0 Å². The molecule has 1 aliphatic rings. The van der Waals surface area contributed by atoms with Crippen molar-refractivity contribution in [1.82, 2.24) is 0 Å². The third kappa shape index (κ3) is 8.37. The summed E-state index contributed by atoms with van der Waals surface area (Å²) in [5.41, 5.74) is 1.64. The maximum atomic E-state index is 13.6. The Hall–Kier alpha value is -3.83. The number of methoxy groups -OCH3 is 1. The maximum absolute atomic E-state index is 13.6. The Balaban J connectivity index is 1.78. The predicted octanol–water partition coefficient (Wildman–Crippen LogP) is 7.23. The molecule has 1 saturated heterocycles. The van der Waals surface area contributed by atoms with Gasteiger partial charge in [0.2, 0.25) is 0 Å². The Morgan fingerprint density at radius 1 is 0.596 bits per heavy atom. The van der Waals surface area contributed by atoms with Crippen molar-refractivity contribution in [3.8, 4) is 0 Å². The van der Waals surface area contributed by atoms with Crippen molar-refractivity contribution in [1.29, 1.82) is 0 Å². The van der Waals surface area contributed by atoms with Crippen molar-refractivity contribution in [2.45, 2.75) is 88.9 Å². The zero-order valence-electron chi connectivity index (χ0n) is 28.2. The molecule has 10 heteroatoms. The van der Waals surface area contributed by atoms with Gasteiger partial charge in [-0.2, -0.15) is 0 Å². The lowest BCUT2D eigenvalue weighted by molar-refractivity contribution is -0.291. The minimum Gasteiger partial charge on any atom is -0.452 e. The van der Waals surface area contributed by atoms with Crippen molar-refractivity contribution in [3.05, 3.63) is 108 Å². The smallest absolute Gasteiger partial charge is 0.338 e. The van der Waals surface area contributed by atoms with Gasteiger partial charge >= 0.3 is 17.9 Å². The Morgan fingerprint density at radius 3 is 1.32 bits per heavy atom. The van der Waals surface area contributed by atoms with Crippen LogP contribution < -0.4 is 0 Å². The number of carbonyl (C=O) groups excluding carboxylic acids is 3. The van der Waals surface area contributed by atoms with E-state index in [4.69, 9.17) is 28.1 Å². The second-order valence-corrected chi connectivity index (χ2v) is 18.1. The van der Waals surface area contributed by atoms with Crippen LogP contribution in [-0.4, -0.2) is 70.6 Å². The van der Waals surface area contributed by atoms with E-state index < -0.39 is 56.9 Å². The summed E-state index contributed by atoms with van der Waals surface area (Å²) in [4.78, 5) is 40.6. The van der Waals surface area contributed by atoms with Crippen LogP contribution in [0.1, 0.15) is 72.6 Å². The molecule has 1 heterocycles. The lowest BCUT2D eigenvalue weighted by Gasteiger charge is -2.47. The van der Waals surface area contributed by atoms with Gasteiger partial charge in [-0.05, 0) is 53.0 Å². The van der Waals surface area contributed by atoms with Gasteiger partial charge in [0, 0.05) is 7.11 Å². The Kier molecular flexibility index (Phi) is 12.5. The van der Waals surface area contributed by atoms with E-state index in [2.05, 4.69) is 41.5 Å². The molecule has 3 aromatic rings. The first kappa shape index (κ1) is 36.0. The van der Waals surface area contributed by atoms with E-state index in [-0.39, 0.29) is 34.4 Å². The lowest BCUT2D eigenvalue weighted by atomic mass is 9.97. The fourth-order valence-electron chi connectivity index (χ4n) is 6.63. The minimum absolute atomic E-state index is 0.0338. The molecule has 5 unspecified atom stereocenters. The molecule has 0 radical (unpaired) electrons. The molecule has 3 aromatic carbocycles. The summed E-state index contributed by atoms with van der Waals surface area (Å²) < 4.78 is 37.3. The lowest BCUT2D eigenvalue weighted by Crippen LogP contribution is -2.63. The fraction of sp³-hybridized carbons (Fsp3) is 0.432. The Bertz CT molecular complexity index is 1420. The molecule has 9 nitrogen and oxygen atoms in total. The zero-order chi connectivity index (χ0) is 34.1. The van der Waals surface area contributed by atoms with Gasteiger partial charge < -0.3 is 28.1 Å². The molecule has 0 aromatic heterocycles. The quantitative estimate of drug-likeness (QED) is 0.106. The summed E-state index contributed by atoms with van der Waals surface area (Å²) >= 11 is 0. The van der Waals surface area contributed by atoms with Gasteiger partial charge in [-0.25, -0.2) is 14.4 Å². The van der Waals surface area contributed by atoms with Crippen LogP contribution in [0.2, 0.25) is 16.6 Å². The average molecular weight is 663 g/mol. The van der Waals surface area contributed by atoms with Gasteiger partial charge in [0.15, 0.2) is 32.9 Å². The molecular formula is C37H46O9Si. The van der Waals surface area contributed by atoms with E-state index in [1.807, 2.05) is 0 Å². The number of hydrogen-bond donors (Lipinski definition) is 0. The van der Waals surface area contributed by atoms with Gasteiger partial charge in [-0.3, -0.25) is 0 Å². The summed E-state index contributed by atoms with van der Waals surface area (Å²) in [7, 11) is -1.02. The maximum Gasteiger partial charge on any atom is 0.338 e. The van der Waals surface area contributed by atoms with Crippen molar-refractivity contribution >= 4 is 26.2 Å². The molecule has 1 fully saturated rings. The second-order valence-electron chi connectivity index (χ2n) is 12.6. The highest BCUT2D eigenvalue weighted by atomic mass is 28.4. The van der Waals surface area contributed by atoms with Crippen molar-refractivity contribution in [2.75, 3.05) is 13.7 Å². The number of benzene rings is 3. The summed E-state index contributed by atoms with van der Waals surface area (Å²) in [5, 5.41) is 0. The van der Waals surface area contributed by atoms with Gasteiger partial charge in [-0.1, -0.05) is 96.1 Å². The monoisotopic (exact) mass is 662 g/mol. The summed E-state index contributed by atoms with van der Waals surface area (Å²) in [5.74, 6) is -2.03. The predicted molar refractivity (Wildman–Crippen MR) is 180 cm³/mol. The molecule has 5 atom stereocenters. The third-order valence-corrected chi connectivity index (χ3v) is 14.9. The standard InChI is InChI=1S/C37H46O9Si/c1-24(2)47(25(3)4,26(5)6)42-23-30-31(44-34(38)27-17-11-8-12-18-27)32(45-35(39)28-19-13-9-14-20-28)33(37(41-7)43-30)46-36(40)29-21-15-10-16-22-29/h8-22,24-26,30-33,37H,23H2,1-7H3. The van der Waals surface area contributed by atoms with Crippen LogP contribution in [0.3, 0.4) is 0 Å². The zero-order valence-corrected chi connectivity index (χ0v) is 29.2. The molecule has 0 saturated carbocycles. The van der Waals surface area contributed by atoms with Gasteiger partial charge in [-0.15, -0.1) is 0 Å². The minimum atomic E-state index is -2.43. The van der Waals surface area contributed by atoms with Crippen LogP contribution in [0, 0.1) is 0 Å². The highest BCUT2D eigenvalue weighted by Gasteiger charge is 2.54. The van der Waals surface area contributed by atoms with Gasteiger partial charge in [0.1, 0.15) is 6.10 Å². The highest BCUT2D eigenvalue weighted by Crippen LogP contribution is 2.43. The first-order chi connectivity index (χ1) is 22.5. The van der Waals surface area contributed by atoms with Crippen molar-refractivity contribution in [3.63, 3.8) is 0 Å². The van der Waals surface area contributed by atoms with Crippen molar-refractivity contribution in [2.24, 2.45) is 0 Å². The topological polar surface area (TPSA) is 107 Å². The van der Waals surface area contributed by atoms with E-state index in [1.165, 1.54) is 7.11 Å². The first-order valence-electron chi connectivity index (χ1n) is 16.1. The summed E-state index contributed by atoms with van der Waals surface area (Å²) in [6.45, 7) is 13.0. The van der Waals surface area contributed by atoms with E-state index in [0.717, 1.165) is 0 Å². The van der Waals surface area contributed by atoms with Crippen LogP contribution >= 0.6 is 0 Å². The normalized spacial score (nSPS) is 21.4. The molecule has 1 aliphatic heterocycles. The summed E-state index contributed by atoms with van der Waals surface area (Å²) in [6, 6.07) is 25.3. The third-order valence-electron chi connectivity index (χ3n) is 8.79. The number of carbonyl (C=O) groups is 3. The first-order valence-corrected chi connectivity index (χ1v) is 18.2. The summed E-state index contributed by atoms with van der Waals surface area (Å²) in [6.07, 6.45) is -5.95. The number of rotatable bonds is 13. The van der Waals surface area contributed by atoms with E-state index in [9.17, 15) is 14.4 Å². The Labute approximate surface area is 278 Å². The van der Waals surface area contributed by atoms with E-state index >= 15 is 0 Å². The van der Waals surface area contributed by atoms with Crippen LogP contribution in [0.25, 0.3) is 0 Å². The fourth-order valence-corrected chi connectivity index (χ4v) is 12.1. The van der Waals surface area contributed by atoms with E-state index in [0.29, 0.717) is 5.56 Å². The van der Waals surface area contributed by atoms with Crippen LogP contribution in [0.5, 0.6) is 0 Å².